The van der Waals surface area contributed by atoms with Crippen LogP contribution in [0.3, 0.4) is 0 Å². The van der Waals surface area contributed by atoms with Gasteiger partial charge < -0.3 is 14.2 Å². The minimum absolute atomic E-state index is 0.0412. The highest BCUT2D eigenvalue weighted by Crippen LogP contribution is 2.25. The zero-order valence-corrected chi connectivity index (χ0v) is 17.3. The lowest BCUT2D eigenvalue weighted by molar-refractivity contribution is -0.140. The summed E-state index contributed by atoms with van der Waals surface area (Å²) < 4.78 is 15.3. The van der Waals surface area contributed by atoms with Crippen molar-refractivity contribution < 1.29 is 28.6 Å². The molecule has 0 aliphatic heterocycles. The first kappa shape index (κ1) is 22.6. The van der Waals surface area contributed by atoms with Gasteiger partial charge in [-0.25, -0.2) is 14.4 Å². The number of carbonyl (C=O) groups excluding carboxylic acids is 3. The van der Waals surface area contributed by atoms with Crippen LogP contribution in [0, 0.1) is 6.92 Å². The number of aryl methyl sites for hydroxylation is 1. The summed E-state index contributed by atoms with van der Waals surface area (Å²) in [4.78, 5) is 35.3. The van der Waals surface area contributed by atoms with Crippen molar-refractivity contribution in [3.8, 4) is 16.9 Å². The first-order valence-corrected chi connectivity index (χ1v) is 9.27. The molecule has 0 aliphatic carbocycles. The van der Waals surface area contributed by atoms with Crippen LogP contribution >= 0.6 is 0 Å². The van der Waals surface area contributed by atoms with Crippen LogP contribution in [0.2, 0.25) is 0 Å². The molecule has 0 aliphatic rings. The normalized spacial score (nSPS) is 10.1. The summed E-state index contributed by atoms with van der Waals surface area (Å²) in [5, 5.41) is 0. The Hall–Kier alpha value is -3.67. The third-order valence-electron chi connectivity index (χ3n) is 3.96. The van der Waals surface area contributed by atoms with Crippen molar-refractivity contribution in [3.63, 3.8) is 0 Å². The summed E-state index contributed by atoms with van der Waals surface area (Å²) >= 11 is 0. The van der Waals surface area contributed by atoms with Crippen LogP contribution in [0.25, 0.3) is 11.1 Å². The smallest absolute Gasteiger partial charge is 0.338 e. The standard InChI is InChI=1S/C24H24O6/c1-15(2)22(25)28-10-11-29-24(27)20-13-17(5)12-19(14-20)18-6-8-21(9-7-18)30-23(26)16(3)4/h6-9,12-14H,1,3,10-11H2,2,4-5H3. The maximum absolute atomic E-state index is 12.4. The zero-order chi connectivity index (χ0) is 22.3. The Labute approximate surface area is 175 Å². The van der Waals surface area contributed by atoms with Gasteiger partial charge in [-0.15, -0.1) is 0 Å². The maximum atomic E-state index is 12.4. The second-order valence-electron chi connectivity index (χ2n) is 6.83. The second-order valence-corrected chi connectivity index (χ2v) is 6.83. The number of carbonyl (C=O) groups is 3. The highest BCUT2D eigenvalue weighted by Gasteiger charge is 2.12. The SMILES string of the molecule is C=C(C)C(=O)OCCOC(=O)c1cc(C)cc(-c2ccc(OC(=O)C(=C)C)cc2)c1. The van der Waals surface area contributed by atoms with Gasteiger partial charge in [0.25, 0.3) is 0 Å². The highest BCUT2D eigenvalue weighted by atomic mass is 16.6. The minimum Gasteiger partial charge on any atom is -0.459 e. The van der Waals surface area contributed by atoms with E-state index in [0.29, 0.717) is 16.9 Å². The Morgan fingerprint density at radius 1 is 0.800 bits per heavy atom. The van der Waals surface area contributed by atoms with Gasteiger partial charge in [-0.3, -0.25) is 0 Å². The summed E-state index contributed by atoms with van der Waals surface area (Å²) in [5.41, 5.74) is 3.52. The third-order valence-corrected chi connectivity index (χ3v) is 3.96. The molecule has 0 radical (unpaired) electrons. The van der Waals surface area contributed by atoms with Gasteiger partial charge in [0.15, 0.2) is 0 Å². The summed E-state index contributed by atoms with van der Waals surface area (Å²) in [6.07, 6.45) is 0. The molecule has 0 fully saturated rings. The van der Waals surface area contributed by atoms with Gasteiger partial charge in [-0.2, -0.15) is 0 Å². The average Bonchev–Trinajstić information content (AvgIpc) is 2.70. The number of ether oxygens (including phenoxy) is 3. The van der Waals surface area contributed by atoms with Crippen LogP contribution in [0.4, 0.5) is 0 Å². The van der Waals surface area contributed by atoms with E-state index in [1.807, 2.05) is 13.0 Å². The number of benzene rings is 2. The molecule has 30 heavy (non-hydrogen) atoms. The summed E-state index contributed by atoms with van der Waals surface area (Å²) in [6.45, 7) is 11.9. The molecular weight excluding hydrogens is 384 g/mol. The van der Waals surface area contributed by atoms with Crippen molar-refractivity contribution in [1.82, 2.24) is 0 Å². The molecule has 0 bridgehead atoms. The van der Waals surface area contributed by atoms with Crippen molar-refractivity contribution in [2.24, 2.45) is 0 Å². The number of hydrogen-bond donors (Lipinski definition) is 0. The molecule has 0 heterocycles. The van der Waals surface area contributed by atoms with Gasteiger partial charge in [-0.1, -0.05) is 31.4 Å². The molecule has 6 heteroatoms. The van der Waals surface area contributed by atoms with Gasteiger partial charge in [0.2, 0.25) is 0 Å². The topological polar surface area (TPSA) is 78.9 Å². The van der Waals surface area contributed by atoms with Gasteiger partial charge in [0, 0.05) is 11.1 Å². The monoisotopic (exact) mass is 408 g/mol. The van der Waals surface area contributed by atoms with E-state index in [1.165, 1.54) is 0 Å². The first-order chi connectivity index (χ1) is 14.2. The Bertz CT molecular complexity index is 985. The fourth-order valence-electron chi connectivity index (χ4n) is 2.45. The van der Waals surface area contributed by atoms with Crippen LogP contribution in [-0.2, 0) is 19.1 Å². The fraction of sp³-hybridized carbons (Fsp3) is 0.208. The van der Waals surface area contributed by atoms with Gasteiger partial charge in [0.05, 0.1) is 5.56 Å². The maximum Gasteiger partial charge on any atom is 0.338 e. The Balaban J connectivity index is 2.06. The minimum atomic E-state index is -0.527. The molecule has 0 aromatic heterocycles. The molecule has 0 amide bonds. The van der Waals surface area contributed by atoms with Crippen molar-refractivity contribution >= 4 is 17.9 Å². The largest absolute Gasteiger partial charge is 0.459 e. The van der Waals surface area contributed by atoms with Crippen LogP contribution in [0.15, 0.2) is 66.8 Å². The van der Waals surface area contributed by atoms with Gasteiger partial charge in [-0.05, 0) is 61.7 Å². The average molecular weight is 408 g/mol. The molecule has 2 rings (SSSR count). The summed E-state index contributed by atoms with van der Waals surface area (Å²) in [5.74, 6) is -1.12. The van der Waals surface area contributed by atoms with E-state index in [1.54, 1.807) is 50.2 Å². The van der Waals surface area contributed by atoms with Crippen molar-refractivity contribution in [3.05, 3.63) is 77.9 Å². The lowest BCUT2D eigenvalue weighted by Crippen LogP contribution is -2.14. The number of esters is 3. The lowest BCUT2D eigenvalue weighted by atomic mass is 10.00. The van der Waals surface area contributed by atoms with E-state index in [-0.39, 0.29) is 18.8 Å². The van der Waals surface area contributed by atoms with Crippen LogP contribution < -0.4 is 4.74 Å². The molecule has 0 unspecified atom stereocenters. The summed E-state index contributed by atoms with van der Waals surface area (Å²) in [6, 6.07) is 12.3. The number of rotatable bonds is 8. The van der Waals surface area contributed by atoms with E-state index in [0.717, 1.165) is 16.7 Å². The molecule has 6 nitrogen and oxygen atoms in total. The molecule has 2 aromatic rings. The predicted molar refractivity (Wildman–Crippen MR) is 113 cm³/mol. The van der Waals surface area contributed by atoms with Crippen LogP contribution in [0.5, 0.6) is 5.75 Å². The van der Waals surface area contributed by atoms with E-state index in [9.17, 15) is 14.4 Å². The molecule has 156 valence electrons. The Morgan fingerprint density at radius 3 is 2.00 bits per heavy atom. The summed E-state index contributed by atoms with van der Waals surface area (Å²) in [7, 11) is 0. The van der Waals surface area contributed by atoms with Gasteiger partial charge >= 0.3 is 17.9 Å². The van der Waals surface area contributed by atoms with E-state index < -0.39 is 17.9 Å². The zero-order valence-electron chi connectivity index (χ0n) is 17.3. The lowest BCUT2D eigenvalue weighted by Gasteiger charge is -2.10. The van der Waals surface area contributed by atoms with Crippen LogP contribution in [0.1, 0.15) is 29.8 Å². The Morgan fingerprint density at radius 2 is 1.40 bits per heavy atom. The van der Waals surface area contributed by atoms with Crippen molar-refractivity contribution in [2.45, 2.75) is 20.8 Å². The molecule has 0 N–H and O–H groups in total. The number of hydrogen-bond acceptors (Lipinski definition) is 6. The van der Waals surface area contributed by atoms with E-state index in [4.69, 9.17) is 14.2 Å². The second kappa shape index (κ2) is 10.2. The molecule has 0 saturated heterocycles. The molecule has 0 spiro atoms. The molecule has 2 aromatic carbocycles. The molecule has 0 saturated carbocycles. The van der Waals surface area contributed by atoms with E-state index in [2.05, 4.69) is 13.2 Å². The fourth-order valence-corrected chi connectivity index (χ4v) is 2.45. The highest BCUT2D eigenvalue weighted by molar-refractivity contribution is 5.92. The quantitative estimate of drug-likeness (QED) is 0.278. The van der Waals surface area contributed by atoms with Crippen molar-refractivity contribution in [2.75, 3.05) is 13.2 Å². The molecular formula is C24H24O6. The Kier molecular flexibility index (Phi) is 7.69. The predicted octanol–water partition coefficient (Wildman–Crippen LogP) is 4.42. The first-order valence-electron chi connectivity index (χ1n) is 9.27. The molecule has 0 atom stereocenters. The third kappa shape index (κ3) is 6.44. The van der Waals surface area contributed by atoms with Crippen molar-refractivity contribution in [1.29, 1.82) is 0 Å². The van der Waals surface area contributed by atoms with Crippen LogP contribution in [-0.4, -0.2) is 31.1 Å². The van der Waals surface area contributed by atoms with E-state index >= 15 is 0 Å². The van der Waals surface area contributed by atoms with Gasteiger partial charge in [0.1, 0.15) is 19.0 Å².